The zero-order valence-electron chi connectivity index (χ0n) is 15.3. The first-order valence-corrected chi connectivity index (χ1v) is 10.0. The number of aliphatic hydroxyl groups is 1. The second-order valence-electron chi connectivity index (χ2n) is 7.33. The minimum Gasteiger partial charge on any atom is -0.496 e. The Morgan fingerprint density at radius 1 is 1.36 bits per heavy atom. The van der Waals surface area contributed by atoms with Crippen LogP contribution in [0, 0.1) is 32.1 Å². The predicted octanol–water partition coefficient (Wildman–Crippen LogP) is 1.64. The molecule has 2 aliphatic heterocycles. The van der Waals surface area contributed by atoms with Gasteiger partial charge in [-0.15, -0.1) is 0 Å². The van der Waals surface area contributed by atoms with E-state index in [4.69, 9.17) is 9.47 Å². The standard InChI is InChI=1S/C18H27NO5S/c1-12-7-16(23-4)13(2)14(3)17(12)25(21,22)19-8-15-5-6-24-11-18(15,9-19)10-20/h7,15,20H,5-6,8-11H2,1-4H3/t15-,18+/m0/s1. The predicted molar refractivity (Wildman–Crippen MR) is 94.4 cm³/mol. The number of hydrogen-bond acceptors (Lipinski definition) is 5. The highest BCUT2D eigenvalue weighted by Crippen LogP contribution is 2.44. The fraction of sp³-hybridized carbons (Fsp3) is 0.667. The molecule has 140 valence electrons. The highest BCUT2D eigenvalue weighted by molar-refractivity contribution is 7.89. The Kier molecular flexibility index (Phi) is 4.87. The normalized spacial score (nSPS) is 27.3. The van der Waals surface area contributed by atoms with E-state index in [1.165, 1.54) is 4.31 Å². The summed E-state index contributed by atoms with van der Waals surface area (Å²) in [5, 5.41) is 9.91. The van der Waals surface area contributed by atoms with Crippen molar-refractivity contribution in [2.24, 2.45) is 11.3 Å². The van der Waals surface area contributed by atoms with Crippen molar-refractivity contribution >= 4 is 10.0 Å². The maximum atomic E-state index is 13.4. The third-order valence-corrected chi connectivity index (χ3v) is 7.99. The van der Waals surface area contributed by atoms with E-state index in [0.717, 1.165) is 17.5 Å². The number of aliphatic hydroxyl groups excluding tert-OH is 1. The Labute approximate surface area is 149 Å². The number of sulfonamides is 1. The molecule has 0 bridgehead atoms. The molecule has 2 saturated heterocycles. The summed E-state index contributed by atoms with van der Waals surface area (Å²) in [6, 6.07) is 1.78. The molecule has 25 heavy (non-hydrogen) atoms. The molecular weight excluding hydrogens is 342 g/mol. The molecule has 0 aromatic heterocycles. The summed E-state index contributed by atoms with van der Waals surface area (Å²) in [6.45, 7) is 7.24. The third-order valence-electron chi connectivity index (χ3n) is 5.89. The molecule has 7 heteroatoms. The zero-order chi connectivity index (χ0) is 18.4. The summed E-state index contributed by atoms with van der Waals surface area (Å²) >= 11 is 0. The molecule has 0 unspecified atom stereocenters. The number of aryl methyl sites for hydroxylation is 1. The van der Waals surface area contributed by atoms with Gasteiger partial charge in [-0.3, -0.25) is 0 Å². The molecule has 0 radical (unpaired) electrons. The maximum Gasteiger partial charge on any atom is 0.243 e. The van der Waals surface area contributed by atoms with Crippen molar-refractivity contribution in [1.29, 1.82) is 0 Å². The molecule has 0 spiro atoms. The van der Waals surface area contributed by atoms with Gasteiger partial charge in [0.15, 0.2) is 0 Å². The highest BCUT2D eigenvalue weighted by Gasteiger charge is 2.51. The third kappa shape index (κ3) is 2.87. The van der Waals surface area contributed by atoms with Gasteiger partial charge in [0.2, 0.25) is 10.0 Å². The van der Waals surface area contributed by atoms with Crippen molar-refractivity contribution in [3.63, 3.8) is 0 Å². The minimum atomic E-state index is -3.64. The topological polar surface area (TPSA) is 76.1 Å². The van der Waals surface area contributed by atoms with Crippen molar-refractivity contribution < 1.29 is 23.0 Å². The number of methoxy groups -OCH3 is 1. The largest absolute Gasteiger partial charge is 0.496 e. The molecule has 2 aliphatic rings. The minimum absolute atomic E-state index is 0.0523. The van der Waals surface area contributed by atoms with Gasteiger partial charge < -0.3 is 14.6 Å². The van der Waals surface area contributed by atoms with E-state index in [1.54, 1.807) is 20.1 Å². The van der Waals surface area contributed by atoms with Gasteiger partial charge in [0.1, 0.15) is 5.75 Å². The van der Waals surface area contributed by atoms with E-state index in [9.17, 15) is 13.5 Å². The SMILES string of the molecule is COc1cc(C)c(S(=O)(=O)N2C[C@@H]3CCOC[C@]3(CO)C2)c(C)c1C. The smallest absolute Gasteiger partial charge is 0.243 e. The molecule has 6 nitrogen and oxygen atoms in total. The molecule has 1 aromatic carbocycles. The molecular formula is C18H27NO5S. The van der Waals surface area contributed by atoms with Gasteiger partial charge in [-0.1, -0.05) is 0 Å². The Morgan fingerprint density at radius 2 is 2.08 bits per heavy atom. The van der Waals surface area contributed by atoms with Crippen LogP contribution in [0.5, 0.6) is 5.75 Å². The second kappa shape index (κ2) is 6.54. The van der Waals surface area contributed by atoms with Crippen LogP contribution in [0.15, 0.2) is 11.0 Å². The molecule has 0 saturated carbocycles. The van der Waals surface area contributed by atoms with E-state index in [-0.39, 0.29) is 12.5 Å². The number of ether oxygens (including phenoxy) is 2. The van der Waals surface area contributed by atoms with E-state index in [2.05, 4.69) is 0 Å². The highest BCUT2D eigenvalue weighted by atomic mass is 32.2. The first-order chi connectivity index (χ1) is 11.8. The molecule has 0 aliphatic carbocycles. The Hall–Kier alpha value is -1.15. The Balaban J connectivity index is 2.02. The molecule has 2 fully saturated rings. The van der Waals surface area contributed by atoms with E-state index in [1.807, 2.05) is 13.8 Å². The van der Waals surface area contributed by atoms with Crippen LogP contribution in [-0.4, -0.2) is 57.8 Å². The maximum absolute atomic E-state index is 13.4. The van der Waals surface area contributed by atoms with Gasteiger partial charge in [0, 0.05) is 25.1 Å². The summed E-state index contributed by atoms with van der Waals surface area (Å²) in [6.07, 6.45) is 0.784. The van der Waals surface area contributed by atoms with E-state index < -0.39 is 15.4 Å². The molecule has 1 aromatic rings. The lowest BCUT2D eigenvalue weighted by atomic mass is 9.76. The van der Waals surface area contributed by atoms with Gasteiger partial charge in [-0.25, -0.2) is 8.42 Å². The molecule has 0 amide bonds. The fourth-order valence-corrected chi connectivity index (χ4v) is 6.28. The van der Waals surface area contributed by atoms with Gasteiger partial charge in [0.25, 0.3) is 0 Å². The van der Waals surface area contributed by atoms with Gasteiger partial charge in [-0.2, -0.15) is 4.31 Å². The lowest BCUT2D eigenvalue weighted by Crippen LogP contribution is -2.43. The lowest BCUT2D eigenvalue weighted by Gasteiger charge is -2.36. The molecule has 2 heterocycles. The average molecular weight is 369 g/mol. The zero-order valence-corrected chi connectivity index (χ0v) is 16.1. The van der Waals surface area contributed by atoms with Gasteiger partial charge in [0.05, 0.1) is 25.2 Å². The van der Waals surface area contributed by atoms with Crippen molar-refractivity contribution in [2.45, 2.75) is 32.1 Å². The van der Waals surface area contributed by atoms with E-state index in [0.29, 0.717) is 42.5 Å². The van der Waals surface area contributed by atoms with Gasteiger partial charge in [-0.05, 0) is 55.9 Å². The summed E-state index contributed by atoms with van der Waals surface area (Å²) in [5.41, 5.74) is 1.77. The van der Waals surface area contributed by atoms with Crippen LogP contribution in [0.1, 0.15) is 23.1 Å². The first kappa shape index (κ1) is 18.6. The van der Waals surface area contributed by atoms with E-state index >= 15 is 0 Å². The van der Waals surface area contributed by atoms with Crippen molar-refractivity contribution in [3.8, 4) is 5.75 Å². The van der Waals surface area contributed by atoms with Crippen molar-refractivity contribution in [3.05, 3.63) is 22.8 Å². The Morgan fingerprint density at radius 3 is 2.68 bits per heavy atom. The van der Waals surface area contributed by atoms with Crippen LogP contribution in [0.3, 0.4) is 0 Å². The van der Waals surface area contributed by atoms with Crippen LogP contribution in [0.25, 0.3) is 0 Å². The monoisotopic (exact) mass is 369 g/mol. The Bertz CT molecular complexity index is 776. The van der Waals surface area contributed by atoms with Crippen LogP contribution >= 0.6 is 0 Å². The van der Waals surface area contributed by atoms with Crippen molar-refractivity contribution in [2.75, 3.05) is 40.0 Å². The number of benzene rings is 1. The summed E-state index contributed by atoms with van der Waals surface area (Å²) < 4.78 is 39.2. The number of rotatable bonds is 4. The van der Waals surface area contributed by atoms with Crippen LogP contribution in [0.4, 0.5) is 0 Å². The molecule has 1 N–H and O–H groups in total. The first-order valence-electron chi connectivity index (χ1n) is 8.60. The van der Waals surface area contributed by atoms with Gasteiger partial charge >= 0.3 is 0 Å². The van der Waals surface area contributed by atoms with Crippen LogP contribution in [0.2, 0.25) is 0 Å². The average Bonchev–Trinajstić information content (AvgIpc) is 2.99. The fourth-order valence-electron chi connectivity index (χ4n) is 4.21. The summed E-state index contributed by atoms with van der Waals surface area (Å²) in [4.78, 5) is 0.360. The molecule has 2 atom stereocenters. The number of hydrogen-bond donors (Lipinski definition) is 1. The van der Waals surface area contributed by atoms with Crippen LogP contribution in [-0.2, 0) is 14.8 Å². The molecule has 3 rings (SSSR count). The summed E-state index contributed by atoms with van der Waals surface area (Å²) in [7, 11) is -2.05. The number of fused-ring (bicyclic) bond motifs is 1. The summed E-state index contributed by atoms with van der Waals surface area (Å²) in [5.74, 6) is 0.838. The number of nitrogens with zero attached hydrogens (tertiary/aromatic N) is 1. The quantitative estimate of drug-likeness (QED) is 0.873. The van der Waals surface area contributed by atoms with Crippen molar-refractivity contribution in [1.82, 2.24) is 4.31 Å². The van der Waals surface area contributed by atoms with Crippen LogP contribution < -0.4 is 4.74 Å². The lowest BCUT2D eigenvalue weighted by molar-refractivity contribution is -0.0552. The second-order valence-corrected chi connectivity index (χ2v) is 9.21.